The van der Waals surface area contributed by atoms with Crippen molar-refractivity contribution in [3.8, 4) is 0 Å². The summed E-state index contributed by atoms with van der Waals surface area (Å²) < 4.78 is 0. The second kappa shape index (κ2) is 13.8. The van der Waals surface area contributed by atoms with E-state index >= 15 is 0 Å². The molecule has 0 radical (unpaired) electrons. The molecule has 0 aromatic carbocycles. The van der Waals surface area contributed by atoms with Gasteiger partial charge in [-0.15, -0.1) is 24.6 Å². The van der Waals surface area contributed by atoms with Crippen LogP contribution in [0.3, 0.4) is 0 Å². The molecule has 0 saturated heterocycles. The topological polar surface area (TPSA) is 12.4 Å². The highest BCUT2D eigenvalue weighted by Gasteiger charge is 2.14. The molecule has 140 valence electrons. The van der Waals surface area contributed by atoms with Crippen LogP contribution in [0.25, 0.3) is 0 Å². The van der Waals surface area contributed by atoms with E-state index in [1.807, 2.05) is 0 Å². The summed E-state index contributed by atoms with van der Waals surface area (Å²) in [7, 11) is -2.16. The average Bonchev–Trinajstić information content (AvgIpc) is 2.55. The Kier molecular flexibility index (Phi) is 13.6. The fraction of sp³-hybridized carbons (Fsp3) is 0.762. The molecule has 0 N–H and O–H groups in total. The first-order valence-electron chi connectivity index (χ1n) is 10.1. The molecule has 0 aliphatic rings. The molecular weight excluding hydrogens is 322 g/mol. The van der Waals surface area contributed by atoms with E-state index in [9.17, 15) is 0 Å². The summed E-state index contributed by atoms with van der Waals surface area (Å²) in [5.41, 5.74) is 4.42. The molecule has 0 rings (SSSR count). The minimum absolute atomic E-state index is 1.03. The summed E-state index contributed by atoms with van der Waals surface area (Å²) in [6, 6.07) is 2.70. The standard InChI is InChI=1S/C21H43NSi2/c1-7-23(3,4)20-16-14-12-10-9-11-13-15-18-22-19-17-21-24(5,6)8-2/h7-8,19H,1-2,9-18,20-21H2,3-6H3. The van der Waals surface area contributed by atoms with Gasteiger partial charge < -0.3 is 0 Å². The normalized spacial score (nSPS) is 12.7. The van der Waals surface area contributed by atoms with Crippen LogP contribution < -0.4 is 0 Å². The van der Waals surface area contributed by atoms with Gasteiger partial charge in [-0.25, -0.2) is 0 Å². The first kappa shape index (κ1) is 23.6. The minimum Gasteiger partial charge on any atom is -0.298 e. The van der Waals surface area contributed by atoms with Crippen LogP contribution in [0.5, 0.6) is 0 Å². The molecule has 0 heterocycles. The van der Waals surface area contributed by atoms with Crippen molar-refractivity contribution in [1.29, 1.82) is 0 Å². The molecule has 1 nitrogen and oxygen atoms in total. The van der Waals surface area contributed by atoms with Gasteiger partial charge in [0.25, 0.3) is 0 Å². The molecule has 0 amide bonds. The van der Waals surface area contributed by atoms with Crippen molar-refractivity contribution < 1.29 is 0 Å². The molecular formula is C21H43NSi2. The number of nitrogens with zero attached hydrogens (tertiary/aromatic N) is 1. The van der Waals surface area contributed by atoms with Crippen LogP contribution >= 0.6 is 0 Å². The number of hydrogen-bond acceptors (Lipinski definition) is 1. The Hall–Kier alpha value is -0.416. The highest BCUT2D eigenvalue weighted by Crippen LogP contribution is 2.17. The molecule has 0 fully saturated rings. The van der Waals surface area contributed by atoms with E-state index in [0.717, 1.165) is 13.0 Å². The van der Waals surface area contributed by atoms with E-state index in [4.69, 9.17) is 0 Å². The summed E-state index contributed by atoms with van der Waals surface area (Å²) >= 11 is 0. The SMILES string of the molecule is C=C[Si](C)(C)CCC=NCCCCCCCCCC[Si](C)(C)C=C. The lowest BCUT2D eigenvalue weighted by molar-refractivity contribution is 0.577. The molecule has 24 heavy (non-hydrogen) atoms. The molecule has 0 unspecified atom stereocenters. The Morgan fingerprint density at radius 3 is 1.67 bits per heavy atom. The zero-order valence-corrected chi connectivity index (χ0v) is 19.1. The monoisotopic (exact) mass is 365 g/mol. The molecule has 0 aromatic rings. The molecule has 0 spiro atoms. The van der Waals surface area contributed by atoms with Gasteiger partial charge in [-0.3, -0.25) is 4.99 Å². The van der Waals surface area contributed by atoms with Gasteiger partial charge in [0.15, 0.2) is 0 Å². The Bertz CT molecular complexity index is 359. The Morgan fingerprint density at radius 1 is 0.667 bits per heavy atom. The summed E-state index contributed by atoms with van der Waals surface area (Å²) in [5, 5.41) is 0. The first-order valence-corrected chi connectivity index (χ1v) is 16.7. The second-order valence-electron chi connectivity index (χ2n) is 8.59. The average molecular weight is 366 g/mol. The van der Waals surface area contributed by atoms with E-state index in [0.29, 0.717) is 0 Å². The highest BCUT2D eigenvalue weighted by molar-refractivity contribution is 6.82. The van der Waals surface area contributed by atoms with Crippen molar-refractivity contribution in [3.05, 3.63) is 24.6 Å². The second-order valence-corrected chi connectivity index (χ2v) is 18.4. The Morgan fingerprint density at radius 2 is 1.12 bits per heavy atom. The maximum Gasteiger partial charge on any atom is 0.0713 e. The molecule has 0 aliphatic carbocycles. The van der Waals surface area contributed by atoms with E-state index in [2.05, 4.69) is 62.0 Å². The third-order valence-corrected chi connectivity index (χ3v) is 10.4. The highest BCUT2D eigenvalue weighted by atomic mass is 28.3. The van der Waals surface area contributed by atoms with Crippen molar-refractivity contribution in [2.24, 2.45) is 4.99 Å². The van der Waals surface area contributed by atoms with Crippen LogP contribution in [0, 0.1) is 0 Å². The zero-order valence-electron chi connectivity index (χ0n) is 17.1. The largest absolute Gasteiger partial charge is 0.298 e. The third-order valence-electron chi connectivity index (χ3n) is 5.01. The van der Waals surface area contributed by atoms with Crippen LogP contribution in [0.4, 0.5) is 0 Å². The number of unbranched alkanes of at least 4 members (excludes halogenated alkanes) is 7. The van der Waals surface area contributed by atoms with Crippen molar-refractivity contribution in [2.45, 2.75) is 96.1 Å². The summed E-state index contributed by atoms with van der Waals surface area (Å²) in [5.74, 6) is 0. The van der Waals surface area contributed by atoms with Crippen LogP contribution in [0.15, 0.2) is 29.5 Å². The van der Waals surface area contributed by atoms with Crippen molar-refractivity contribution in [2.75, 3.05) is 6.54 Å². The van der Waals surface area contributed by atoms with Crippen LogP contribution in [-0.2, 0) is 0 Å². The van der Waals surface area contributed by atoms with Gasteiger partial charge in [0.2, 0.25) is 0 Å². The lowest BCUT2D eigenvalue weighted by Gasteiger charge is -2.16. The number of hydrogen-bond donors (Lipinski definition) is 0. The van der Waals surface area contributed by atoms with Crippen LogP contribution in [0.1, 0.15) is 57.8 Å². The van der Waals surface area contributed by atoms with E-state index in [-0.39, 0.29) is 0 Å². The van der Waals surface area contributed by atoms with Gasteiger partial charge in [-0.2, -0.15) is 0 Å². The lowest BCUT2D eigenvalue weighted by Crippen LogP contribution is -2.21. The van der Waals surface area contributed by atoms with E-state index in [1.54, 1.807) is 0 Å². The van der Waals surface area contributed by atoms with Crippen molar-refractivity contribution in [1.82, 2.24) is 0 Å². The van der Waals surface area contributed by atoms with Gasteiger partial charge in [0, 0.05) is 6.54 Å². The van der Waals surface area contributed by atoms with Crippen LogP contribution in [0.2, 0.25) is 38.3 Å². The predicted molar refractivity (Wildman–Crippen MR) is 120 cm³/mol. The van der Waals surface area contributed by atoms with Crippen molar-refractivity contribution >= 4 is 22.4 Å². The molecule has 0 saturated carbocycles. The van der Waals surface area contributed by atoms with Gasteiger partial charge in [0.1, 0.15) is 0 Å². The lowest BCUT2D eigenvalue weighted by atomic mass is 10.1. The quantitative estimate of drug-likeness (QED) is 0.153. The summed E-state index contributed by atoms with van der Waals surface area (Å²) in [4.78, 5) is 4.56. The minimum atomic E-state index is -1.12. The van der Waals surface area contributed by atoms with Gasteiger partial charge in [0.05, 0.1) is 16.1 Å². The van der Waals surface area contributed by atoms with E-state index in [1.165, 1.54) is 63.5 Å². The Labute approximate surface area is 154 Å². The summed E-state index contributed by atoms with van der Waals surface area (Å²) in [6.45, 7) is 18.5. The van der Waals surface area contributed by atoms with Crippen LogP contribution in [-0.4, -0.2) is 28.9 Å². The number of aliphatic imine (C=N–C) groups is 1. The van der Waals surface area contributed by atoms with Gasteiger partial charge in [-0.05, 0) is 25.1 Å². The predicted octanol–water partition coefficient (Wildman–Crippen LogP) is 7.44. The molecule has 3 heteroatoms. The molecule has 0 aromatic heterocycles. The fourth-order valence-electron chi connectivity index (χ4n) is 2.67. The smallest absolute Gasteiger partial charge is 0.0713 e. The van der Waals surface area contributed by atoms with Gasteiger partial charge >= 0.3 is 0 Å². The van der Waals surface area contributed by atoms with E-state index < -0.39 is 16.1 Å². The maximum absolute atomic E-state index is 4.56. The zero-order chi connectivity index (χ0) is 18.3. The fourth-order valence-corrected chi connectivity index (χ4v) is 5.11. The molecule has 0 aliphatic heterocycles. The summed E-state index contributed by atoms with van der Waals surface area (Å²) in [6.07, 6.45) is 14.3. The third kappa shape index (κ3) is 15.1. The molecule has 0 bridgehead atoms. The van der Waals surface area contributed by atoms with Gasteiger partial charge in [-0.1, -0.05) is 77.2 Å². The Balaban J connectivity index is 3.31. The molecule has 0 atom stereocenters. The first-order chi connectivity index (χ1) is 11.3. The van der Waals surface area contributed by atoms with Crippen molar-refractivity contribution in [3.63, 3.8) is 0 Å². The maximum atomic E-state index is 4.56. The number of rotatable bonds is 16.